The second kappa shape index (κ2) is 4.53. The Hall–Kier alpha value is -1.11. The molecule has 2 N–H and O–H groups in total. The van der Waals surface area contributed by atoms with E-state index in [-0.39, 0.29) is 17.7 Å². The standard InChI is InChI=1S/C10H11Cl2N5O/c11-2-6-5(12)1-7(18-6)17-4-16-8-9(13)14-3-15-10(8)17/h3-7H,1-2H2,(H2,13,14,15). The number of aromatic nitrogens is 4. The van der Waals surface area contributed by atoms with E-state index in [1.165, 1.54) is 6.33 Å². The molecule has 1 aliphatic heterocycles. The predicted molar refractivity (Wildman–Crippen MR) is 68.6 cm³/mol. The van der Waals surface area contributed by atoms with Crippen LogP contribution in [0.3, 0.4) is 0 Å². The minimum atomic E-state index is -0.212. The zero-order valence-electron chi connectivity index (χ0n) is 9.33. The zero-order chi connectivity index (χ0) is 12.7. The summed E-state index contributed by atoms with van der Waals surface area (Å²) in [5.74, 6) is 0.724. The first-order chi connectivity index (χ1) is 8.70. The number of alkyl halides is 2. The summed E-state index contributed by atoms with van der Waals surface area (Å²) >= 11 is 12.0. The highest BCUT2D eigenvalue weighted by Gasteiger charge is 2.35. The molecule has 0 amide bonds. The van der Waals surface area contributed by atoms with E-state index in [9.17, 15) is 0 Å². The van der Waals surface area contributed by atoms with Crippen molar-refractivity contribution in [3.63, 3.8) is 0 Å². The number of ether oxygens (including phenoxy) is 1. The maximum atomic E-state index is 6.17. The molecule has 2 aromatic rings. The van der Waals surface area contributed by atoms with Crippen LogP contribution < -0.4 is 5.73 Å². The summed E-state index contributed by atoms with van der Waals surface area (Å²) in [7, 11) is 0. The second-order valence-electron chi connectivity index (χ2n) is 4.12. The van der Waals surface area contributed by atoms with Crippen molar-refractivity contribution in [1.82, 2.24) is 19.5 Å². The lowest BCUT2D eigenvalue weighted by Crippen LogP contribution is -2.17. The number of hydrogen-bond donors (Lipinski definition) is 1. The van der Waals surface area contributed by atoms with Crippen LogP contribution in [0, 0.1) is 0 Å². The van der Waals surface area contributed by atoms with Gasteiger partial charge in [0.1, 0.15) is 18.1 Å². The number of halogens is 2. The average molecular weight is 288 g/mol. The Morgan fingerprint density at radius 1 is 1.44 bits per heavy atom. The Balaban J connectivity index is 1.99. The second-order valence-corrected chi connectivity index (χ2v) is 4.99. The van der Waals surface area contributed by atoms with Crippen LogP contribution in [0.2, 0.25) is 0 Å². The molecule has 1 saturated heterocycles. The molecule has 0 saturated carbocycles. The van der Waals surface area contributed by atoms with Crippen molar-refractivity contribution in [3.05, 3.63) is 12.7 Å². The van der Waals surface area contributed by atoms with E-state index in [1.54, 1.807) is 6.33 Å². The van der Waals surface area contributed by atoms with Gasteiger partial charge in [-0.15, -0.1) is 23.2 Å². The highest BCUT2D eigenvalue weighted by atomic mass is 35.5. The van der Waals surface area contributed by atoms with Crippen LogP contribution in [0.1, 0.15) is 12.6 Å². The molecule has 8 heteroatoms. The Morgan fingerprint density at radius 3 is 3.00 bits per heavy atom. The van der Waals surface area contributed by atoms with Gasteiger partial charge in [-0.05, 0) is 0 Å². The summed E-state index contributed by atoms with van der Waals surface area (Å²) < 4.78 is 7.59. The molecule has 0 aliphatic carbocycles. The minimum Gasteiger partial charge on any atom is -0.382 e. The van der Waals surface area contributed by atoms with Gasteiger partial charge in [0, 0.05) is 6.42 Å². The number of anilines is 1. The molecule has 96 valence electrons. The maximum Gasteiger partial charge on any atom is 0.167 e. The van der Waals surface area contributed by atoms with Gasteiger partial charge in [0.2, 0.25) is 0 Å². The van der Waals surface area contributed by atoms with Crippen LogP contribution in [0.4, 0.5) is 5.82 Å². The van der Waals surface area contributed by atoms with Crippen molar-refractivity contribution in [2.24, 2.45) is 0 Å². The molecule has 0 spiro atoms. The lowest BCUT2D eigenvalue weighted by molar-refractivity contribution is 0.0151. The molecule has 1 fully saturated rings. The number of nitrogens with two attached hydrogens (primary N) is 1. The van der Waals surface area contributed by atoms with Crippen LogP contribution >= 0.6 is 23.2 Å². The fraction of sp³-hybridized carbons (Fsp3) is 0.500. The van der Waals surface area contributed by atoms with E-state index in [0.717, 1.165) is 0 Å². The van der Waals surface area contributed by atoms with Crippen LogP contribution in [-0.4, -0.2) is 36.9 Å². The molecule has 3 unspecified atom stereocenters. The number of nitrogens with zero attached hydrogens (tertiary/aromatic N) is 4. The van der Waals surface area contributed by atoms with E-state index >= 15 is 0 Å². The highest BCUT2D eigenvalue weighted by molar-refractivity contribution is 6.23. The van der Waals surface area contributed by atoms with Crippen LogP contribution in [-0.2, 0) is 4.74 Å². The molecular weight excluding hydrogens is 277 g/mol. The number of nitrogen functional groups attached to an aromatic ring is 1. The molecule has 3 heterocycles. The van der Waals surface area contributed by atoms with Crippen molar-refractivity contribution >= 4 is 40.2 Å². The number of hydrogen-bond acceptors (Lipinski definition) is 5. The van der Waals surface area contributed by atoms with Crippen LogP contribution in [0.5, 0.6) is 0 Å². The summed E-state index contributed by atoms with van der Waals surface area (Å²) in [6.45, 7) is 0. The first-order valence-corrected chi connectivity index (χ1v) is 6.46. The molecule has 2 aromatic heterocycles. The molecule has 3 atom stereocenters. The van der Waals surface area contributed by atoms with Gasteiger partial charge in [-0.1, -0.05) is 0 Å². The van der Waals surface area contributed by atoms with Crippen molar-refractivity contribution < 1.29 is 4.74 Å². The molecule has 0 radical (unpaired) electrons. The lowest BCUT2D eigenvalue weighted by atomic mass is 10.2. The smallest absolute Gasteiger partial charge is 0.167 e. The van der Waals surface area contributed by atoms with Gasteiger partial charge in [0.25, 0.3) is 0 Å². The van der Waals surface area contributed by atoms with E-state index in [2.05, 4.69) is 15.0 Å². The Morgan fingerprint density at radius 2 is 2.28 bits per heavy atom. The van der Waals surface area contributed by atoms with E-state index in [1.807, 2.05) is 4.57 Å². The van der Waals surface area contributed by atoms with Crippen molar-refractivity contribution in [3.8, 4) is 0 Å². The third-order valence-electron chi connectivity index (χ3n) is 3.01. The predicted octanol–water partition coefficient (Wildman–Crippen LogP) is 1.54. The first kappa shape index (κ1) is 12.0. The molecule has 18 heavy (non-hydrogen) atoms. The quantitative estimate of drug-likeness (QED) is 0.848. The normalized spacial score (nSPS) is 28.0. The van der Waals surface area contributed by atoms with Gasteiger partial charge in [-0.25, -0.2) is 15.0 Å². The van der Waals surface area contributed by atoms with Gasteiger partial charge in [-0.3, -0.25) is 4.57 Å². The molecule has 1 aliphatic rings. The number of imidazole rings is 1. The molecule has 3 rings (SSSR count). The van der Waals surface area contributed by atoms with E-state index in [0.29, 0.717) is 29.3 Å². The summed E-state index contributed by atoms with van der Waals surface area (Å²) in [4.78, 5) is 12.3. The first-order valence-electron chi connectivity index (χ1n) is 5.49. The van der Waals surface area contributed by atoms with Gasteiger partial charge in [0.15, 0.2) is 11.5 Å². The summed E-state index contributed by atoms with van der Waals surface area (Å²) in [6.07, 6.45) is 3.34. The summed E-state index contributed by atoms with van der Waals surface area (Å²) in [5.41, 5.74) is 6.95. The van der Waals surface area contributed by atoms with E-state index in [4.69, 9.17) is 33.7 Å². The van der Waals surface area contributed by atoms with Crippen molar-refractivity contribution in [1.29, 1.82) is 0 Å². The summed E-state index contributed by atoms with van der Waals surface area (Å²) in [6, 6.07) is 0. The zero-order valence-corrected chi connectivity index (χ0v) is 10.8. The van der Waals surface area contributed by atoms with Gasteiger partial charge < -0.3 is 10.5 Å². The third kappa shape index (κ3) is 1.81. The Bertz CT molecular complexity index is 574. The topological polar surface area (TPSA) is 78.9 Å². The maximum absolute atomic E-state index is 6.17. The van der Waals surface area contributed by atoms with Crippen LogP contribution in [0.25, 0.3) is 11.2 Å². The largest absolute Gasteiger partial charge is 0.382 e. The fourth-order valence-corrected chi connectivity index (χ4v) is 2.76. The van der Waals surface area contributed by atoms with Crippen molar-refractivity contribution in [2.45, 2.75) is 24.1 Å². The van der Waals surface area contributed by atoms with E-state index < -0.39 is 0 Å². The molecule has 6 nitrogen and oxygen atoms in total. The fourth-order valence-electron chi connectivity index (χ4n) is 2.08. The number of rotatable bonds is 2. The number of fused-ring (bicyclic) bond motifs is 1. The highest BCUT2D eigenvalue weighted by Crippen LogP contribution is 2.34. The van der Waals surface area contributed by atoms with Gasteiger partial charge in [0.05, 0.1) is 23.7 Å². The molecular formula is C10H11Cl2N5O. The van der Waals surface area contributed by atoms with Crippen molar-refractivity contribution in [2.75, 3.05) is 11.6 Å². The van der Waals surface area contributed by atoms with Gasteiger partial charge >= 0.3 is 0 Å². The SMILES string of the molecule is Nc1ncnc2c1ncn2C1CC(Cl)C(CCl)O1. The average Bonchev–Trinajstić information content (AvgIpc) is 2.93. The molecule has 0 aromatic carbocycles. The van der Waals surface area contributed by atoms with Crippen LogP contribution in [0.15, 0.2) is 12.7 Å². The minimum absolute atomic E-state index is 0.107. The third-order valence-corrected chi connectivity index (χ3v) is 3.77. The summed E-state index contributed by atoms with van der Waals surface area (Å²) in [5, 5.41) is -0.107. The monoisotopic (exact) mass is 287 g/mol. The Labute approximate surface area is 113 Å². The molecule has 0 bridgehead atoms. The Kier molecular flexibility index (Phi) is 3.01. The van der Waals surface area contributed by atoms with Gasteiger partial charge in [-0.2, -0.15) is 0 Å². The lowest BCUT2D eigenvalue weighted by Gasteiger charge is -2.13.